The van der Waals surface area contributed by atoms with Crippen LogP contribution in [0, 0.1) is 0 Å². The molecule has 1 aromatic carbocycles. The van der Waals surface area contributed by atoms with Crippen molar-refractivity contribution in [2.45, 2.75) is 24.9 Å². The number of carbonyl (C=O) groups excluding carboxylic acids is 1. The lowest BCUT2D eigenvalue weighted by Gasteiger charge is -2.21. The molecule has 0 atom stereocenters. The zero-order valence-electron chi connectivity index (χ0n) is 13.1. The van der Waals surface area contributed by atoms with Gasteiger partial charge in [-0.3, -0.25) is 4.79 Å². The number of nitrogens with zero attached hydrogens (tertiary/aromatic N) is 7. The molecule has 0 radical (unpaired) electrons. The number of hydrogen-bond donors (Lipinski definition) is 1. The third-order valence-electron chi connectivity index (χ3n) is 3.57. The molecule has 9 nitrogen and oxygen atoms in total. The Labute approximate surface area is 133 Å². The lowest BCUT2D eigenvalue weighted by molar-refractivity contribution is 0.0923. The maximum atomic E-state index is 12.5. The highest BCUT2D eigenvalue weighted by Gasteiger charge is 2.44. The first-order valence-corrected chi connectivity index (χ1v) is 7.15. The average molecular weight is 314 g/mol. The van der Waals surface area contributed by atoms with Crippen molar-refractivity contribution in [1.82, 2.24) is 10.2 Å². The van der Waals surface area contributed by atoms with Gasteiger partial charge in [-0.25, -0.2) is 0 Å². The second-order valence-corrected chi connectivity index (χ2v) is 5.94. The highest BCUT2D eigenvalue weighted by atomic mass is 16.1. The molecule has 0 unspecified atom stereocenters. The molecule has 1 saturated carbocycles. The fourth-order valence-corrected chi connectivity index (χ4v) is 2.51. The van der Waals surface area contributed by atoms with Crippen molar-refractivity contribution in [3.05, 3.63) is 50.2 Å². The van der Waals surface area contributed by atoms with Gasteiger partial charge in [-0.05, 0) is 61.8 Å². The first-order valence-electron chi connectivity index (χ1n) is 7.15. The summed E-state index contributed by atoms with van der Waals surface area (Å²) in [4.78, 5) is 20.0. The van der Waals surface area contributed by atoms with Crippen LogP contribution in [-0.2, 0) is 6.54 Å². The molecule has 0 aliphatic heterocycles. The SMILES string of the molecule is CN(C)CC1(NC(=O)c2cc(CN=[N+]=[N-])cc(N=[N+]=[N-])c2)CC1. The molecule has 1 N–H and O–H groups in total. The molecule has 2 rings (SSSR count). The summed E-state index contributed by atoms with van der Waals surface area (Å²) < 4.78 is 0. The Balaban J connectivity index is 2.23. The minimum Gasteiger partial charge on any atom is -0.345 e. The molecule has 120 valence electrons. The van der Waals surface area contributed by atoms with Crippen molar-refractivity contribution in [2.24, 2.45) is 10.2 Å². The Morgan fingerprint density at radius 1 is 1.30 bits per heavy atom. The molecule has 1 fully saturated rings. The molecule has 1 aliphatic carbocycles. The van der Waals surface area contributed by atoms with Crippen LogP contribution in [0.5, 0.6) is 0 Å². The van der Waals surface area contributed by atoms with Crippen molar-refractivity contribution < 1.29 is 4.79 Å². The van der Waals surface area contributed by atoms with Crippen molar-refractivity contribution in [2.75, 3.05) is 20.6 Å². The van der Waals surface area contributed by atoms with Crippen LogP contribution in [0.1, 0.15) is 28.8 Å². The predicted octanol–water partition coefficient (Wildman–Crippen LogP) is 3.26. The van der Waals surface area contributed by atoms with Crippen molar-refractivity contribution in [3.63, 3.8) is 0 Å². The largest absolute Gasteiger partial charge is 0.345 e. The van der Waals surface area contributed by atoms with Crippen molar-refractivity contribution >= 4 is 11.6 Å². The van der Waals surface area contributed by atoms with Crippen LogP contribution in [0.4, 0.5) is 5.69 Å². The molecule has 1 aromatic rings. The van der Waals surface area contributed by atoms with E-state index < -0.39 is 0 Å². The summed E-state index contributed by atoms with van der Waals surface area (Å²) in [5.74, 6) is -0.221. The third kappa shape index (κ3) is 4.62. The summed E-state index contributed by atoms with van der Waals surface area (Å²) in [6.07, 6.45) is 1.89. The molecule has 0 aromatic heterocycles. The second-order valence-electron chi connectivity index (χ2n) is 5.94. The normalized spacial score (nSPS) is 14.6. The standard InChI is InChI=1S/C14H18N8O/c1-22(2)9-14(3-4-14)18-13(23)11-5-10(8-17-20-15)6-12(7-11)19-21-16/h5-7H,3-4,8-9H2,1-2H3,(H,18,23). The summed E-state index contributed by atoms with van der Waals surface area (Å²) in [6.45, 7) is 0.870. The van der Waals surface area contributed by atoms with E-state index in [1.807, 2.05) is 19.0 Å². The van der Waals surface area contributed by atoms with Crippen molar-refractivity contribution in [1.29, 1.82) is 0 Å². The number of hydrogen-bond acceptors (Lipinski definition) is 4. The molecule has 1 aliphatic rings. The zero-order valence-corrected chi connectivity index (χ0v) is 13.1. The van der Waals surface area contributed by atoms with Gasteiger partial charge in [0.15, 0.2) is 0 Å². The van der Waals surface area contributed by atoms with Gasteiger partial charge in [-0.2, -0.15) is 0 Å². The third-order valence-corrected chi connectivity index (χ3v) is 3.57. The van der Waals surface area contributed by atoms with Crippen LogP contribution in [0.15, 0.2) is 28.4 Å². The number of rotatable bonds is 7. The Morgan fingerprint density at radius 3 is 2.61 bits per heavy atom. The van der Waals surface area contributed by atoms with Crippen LogP contribution in [0.3, 0.4) is 0 Å². The number of azide groups is 2. The number of amides is 1. The van der Waals surface area contributed by atoms with E-state index in [4.69, 9.17) is 11.1 Å². The minimum absolute atomic E-state index is 0.0917. The maximum Gasteiger partial charge on any atom is 0.251 e. The fraction of sp³-hybridized carbons (Fsp3) is 0.500. The summed E-state index contributed by atoms with van der Waals surface area (Å²) in [5, 5.41) is 10.1. The topological polar surface area (TPSA) is 130 Å². The van der Waals surface area contributed by atoms with E-state index in [1.165, 1.54) is 6.07 Å². The lowest BCUT2D eigenvalue weighted by Crippen LogP contribution is -2.43. The van der Waals surface area contributed by atoms with Gasteiger partial charge in [-0.15, -0.1) is 0 Å². The van der Waals surface area contributed by atoms with E-state index in [2.05, 4.69) is 25.4 Å². The molecule has 23 heavy (non-hydrogen) atoms. The van der Waals surface area contributed by atoms with E-state index >= 15 is 0 Å². The summed E-state index contributed by atoms with van der Waals surface area (Å²) in [6, 6.07) is 4.77. The Kier molecular flexibility index (Phi) is 5.08. The lowest BCUT2D eigenvalue weighted by atomic mass is 10.1. The number of carbonyl (C=O) groups is 1. The predicted molar refractivity (Wildman–Crippen MR) is 86.1 cm³/mol. The highest BCUT2D eigenvalue weighted by molar-refractivity contribution is 5.96. The molecular weight excluding hydrogens is 296 g/mol. The van der Waals surface area contributed by atoms with Crippen LogP contribution >= 0.6 is 0 Å². The number of likely N-dealkylation sites (N-methyl/N-ethyl adjacent to an activating group) is 1. The molecule has 1 amide bonds. The fourth-order valence-electron chi connectivity index (χ4n) is 2.51. The minimum atomic E-state index is -0.221. The average Bonchev–Trinajstić information content (AvgIpc) is 3.23. The van der Waals surface area contributed by atoms with Gasteiger partial charge in [0, 0.05) is 27.6 Å². The van der Waals surface area contributed by atoms with Crippen molar-refractivity contribution in [3.8, 4) is 0 Å². The van der Waals surface area contributed by atoms with E-state index in [1.54, 1.807) is 12.1 Å². The van der Waals surface area contributed by atoms with Gasteiger partial charge in [-0.1, -0.05) is 10.2 Å². The van der Waals surface area contributed by atoms with Crippen LogP contribution < -0.4 is 5.32 Å². The molecule has 0 bridgehead atoms. The number of nitrogens with one attached hydrogen (secondary N) is 1. The molecule has 0 spiro atoms. The van der Waals surface area contributed by atoms with Crippen LogP contribution in [0.25, 0.3) is 20.9 Å². The van der Waals surface area contributed by atoms with Gasteiger partial charge in [0.25, 0.3) is 5.91 Å². The number of benzene rings is 1. The second kappa shape index (κ2) is 7.02. The Hall–Kier alpha value is -2.73. The van der Waals surface area contributed by atoms with Gasteiger partial charge in [0.1, 0.15) is 0 Å². The first kappa shape index (κ1) is 16.6. The van der Waals surface area contributed by atoms with E-state index in [-0.39, 0.29) is 18.0 Å². The van der Waals surface area contributed by atoms with Crippen LogP contribution in [-0.4, -0.2) is 37.0 Å². The van der Waals surface area contributed by atoms with E-state index in [0.717, 1.165) is 19.4 Å². The first-order chi connectivity index (χ1) is 11.0. The van der Waals surface area contributed by atoms with E-state index in [9.17, 15) is 4.79 Å². The molecular formula is C14H18N8O. The van der Waals surface area contributed by atoms with Crippen LogP contribution in [0.2, 0.25) is 0 Å². The van der Waals surface area contributed by atoms with E-state index in [0.29, 0.717) is 16.8 Å². The molecule has 9 heteroatoms. The Morgan fingerprint density at radius 2 is 2.04 bits per heavy atom. The summed E-state index contributed by atoms with van der Waals surface area (Å²) >= 11 is 0. The smallest absolute Gasteiger partial charge is 0.251 e. The monoisotopic (exact) mass is 314 g/mol. The quantitative estimate of drug-likeness (QED) is 0.470. The van der Waals surface area contributed by atoms with Gasteiger partial charge in [0.05, 0.1) is 12.1 Å². The van der Waals surface area contributed by atoms with Gasteiger partial charge in [0.2, 0.25) is 0 Å². The van der Waals surface area contributed by atoms with Gasteiger partial charge < -0.3 is 10.2 Å². The zero-order chi connectivity index (χ0) is 16.9. The van der Waals surface area contributed by atoms with Gasteiger partial charge >= 0.3 is 0 Å². The highest BCUT2D eigenvalue weighted by Crippen LogP contribution is 2.36. The Bertz CT molecular complexity index is 697. The molecule has 0 heterocycles. The maximum absolute atomic E-state index is 12.5. The molecule has 0 saturated heterocycles. The summed E-state index contributed by atoms with van der Waals surface area (Å²) in [5.41, 5.74) is 18.2. The summed E-state index contributed by atoms with van der Waals surface area (Å²) in [7, 11) is 3.93.